The first kappa shape index (κ1) is 19.4. The smallest absolute Gasteiger partial charge is 0.179 e. The van der Waals surface area contributed by atoms with E-state index in [4.69, 9.17) is 4.12 Å². The summed E-state index contributed by atoms with van der Waals surface area (Å²) in [4.78, 5) is 0. The largest absolute Gasteiger partial charge is 0.455 e. The molecule has 0 fully saturated rings. The zero-order valence-electron chi connectivity index (χ0n) is 14.5. The van der Waals surface area contributed by atoms with E-state index in [9.17, 15) is 0 Å². The van der Waals surface area contributed by atoms with E-state index >= 15 is 0 Å². The highest BCUT2D eigenvalue weighted by Gasteiger charge is 2.40. The van der Waals surface area contributed by atoms with Gasteiger partial charge in [0.05, 0.1) is 0 Å². The lowest BCUT2D eigenvalue weighted by Gasteiger charge is -2.41. The van der Waals surface area contributed by atoms with E-state index in [0.717, 1.165) is 0 Å². The normalized spacial score (nSPS) is 12.9. The average Bonchev–Trinajstić information content (AvgIpc) is 2.47. The summed E-state index contributed by atoms with van der Waals surface area (Å²) in [6.07, 6.45) is 5.41. The van der Waals surface area contributed by atoms with Gasteiger partial charge in [0.15, 0.2) is 16.6 Å². The van der Waals surface area contributed by atoms with Crippen LogP contribution in [-0.4, -0.2) is 16.6 Å². The summed E-state index contributed by atoms with van der Waals surface area (Å²) in [6, 6.07) is 8.10. The maximum Gasteiger partial charge on any atom is 0.179 e. The molecule has 116 valence electrons. The Bertz CT molecular complexity index is 199. The third kappa shape index (κ3) is 6.13. The van der Waals surface area contributed by atoms with Gasteiger partial charge in [-0.3, -0.25) is 0 Å². The molecule has 0 saturated carbocycles. The first-order valence-corrected chi connectivity index (χ1v) is 13.8. The first-order valence-electron chi connectivity index (χ1n) is 8.77. The van der Waals surface area contributed by atoms with Crippen LogP contribution in [-0.2, 0) is 4.12 Å². The third-order valence-corrected chi connectivity index (χ3v) is 16.1. The minimum absolute atomic E-state index is 1.31. The fourth-order valence-corrected chi connectivity index (χ4v) is 14.3. The van der Waals surface area contributed by atoms with E-state index in [1.807, 2.05) is 0 Å². The molecule has 0 amide bonds. The predicted octanol–water partition coefficient (Wildman–Crippen LogP) is 6.57. The van der Waals surface area contributed by atoms with Crippen molar-refractivity contribution in [1.82, 2.24) is 0 Å². The van der Waals surface area contributed by atoms with E-state index in [2.05, 4.69) is 41.5 Å². The van der Waals surface area contributed by atoms with Crippen molar-refractivity contribution in [2.45, 2.75) is 103 Å². The SMILES string of the molecule is CCCC[Si](CC)(CCCC)O[Si](CC)(CC)CC. The van der Waals surface area contributed by atoms with E-state index < -0.39 is 16.6 Å². The molecule has 1 nitrogen and oxygen atoms in total. The lowest BCUT2D eigenvalue weighted by molar-refractivity contribution is 0.496. The molecule has 0 aliphatic rings. The zero-order chi connectivity index (χ0) is 14.8. The monoisotopic (exact) mass is 302 g/mol. The Hall–Kier alpha value is 0.394. The summed E-state index contributed by atoms with van der Waals surface area (Å²) in [5.74, 6) is 0. The minimum Gasteiger partial charge on any atom is -0.455 e. The van der Waals surface area contributed by atoms with Gasteiger partial charge in [0.2, 0.25) is 0 Å². The van der Waals surface area contributed by atoms with Crippen molar-refractivity contribution >= 4 is 16.6 Å². The van der Waals surface area contributed by atoms with Crippen LogP contribution in [0.1, 0.15) is 67.2 Å². The van der Waals surface area contributed by atoms with Crippen molar-refractivity contribution in [2.75, 3.05) is 0 Å². The summed E-state index contributed by atoms with van der Waals surface area (Å²) < 4.78 is 7.10. The summed E-state index contributed by atoms with van der Waals surface area (Å²) in [5.41, 5.74) is 0. The minimum atomic E-state index is -1.45. The van der Waals surface area contributed by atoms with Crippen LogP contribution in [0.5, 0.6) is 0 Å². The quantitative estimate of drug-likeness (QED) is 0.370. The highest BCUT2D eigenvalue weighted by Crippen LogP contribution is 2.34. The number of hydrogen-bond donors (Lipinski definition) is 0. The molecular weight excluding hydrogens is 264 g/mol. The Balaban J connectivity index is 4.96. The van der Waals surface area contributed by atoms with Crippen LogP contribution >= 0.6 is 0 Å². The zero-order valence-corrected chi connectivity index (χ0v) is 16.5. The molecule has 0 aliphatic heterocycles. The lowest BCUT2D eigenvalue weighted by Crippen LogP contribution is -2.50. The lowest BCUT2D eigenvalue weighted by atomic mass is 10.4. The number of unbranched alkanes of at least 4 members (excludes halogenated alkanes) is 2. The van der Waals surface area contributed by atoms with Crippen LogP contribution in [0.2, 0.25) is 36.3 Å². The Morgan fingerprint density at radius 1 is 0.579 bits per heavy atom. The topological polar surface area (TPSA) is 9.23 Å². The number of hydrogen-bond acceptors (Lipinski definition) is 1. The average molecular weight is 303 g/mol. The standard InChI is InChI=1S/C16H38OSi2/c1-7-13-15-19(12-6,16-14-8-2)17-18(9-3,10-4)11-5/h7-16H2,1-6H3. The molecule has 0 radical (unpaired) electrons. The van der Waals surface area contributed by atoms with Crippen molar-refractivity contribution in [1.29, 1.82) is 0 Å². The van der Waals surface area contributed by atoms with Gasteiger partial charge in [-0.1, -0.05) is 67.2 Å². The van der Waals surface area contributed by atoms with Gasteiger partial charge in [0.1, 0.15) is 0 Å². The predicted molar refractivity (Wildman–Crippen MR) is 93.9 cm³/mol. The van der Waals surface area contributed by atoms with Crippen molar-refractivity contribution in [3.05, 3.63) is 0 Å². The van der Waals surface area contributed by atoms with Crippen LogP contribution < -0.4 is 0 Å². The van der Waals surface area contributed by atoms with Crippen LogP contribution in [0.4, 0.5) is 0 Å². The van der Waals surface area contributed by atoms with Gasteiger partial charge in [0.25, 0.3) is 0 Å². The molecule has 0 atom stereocenters. The van der Waals surface area contributed by atoms with Gasteiger partial charge in [-0.2, -0.15) is 0 Å². The van der Waals surface area contributed by atoms with E-state index in [0.29, 0.717) is 0 Å². The first-order chi connectivity index (χ1) is 9.07. The Morgan fingerprint density at radius 2 is 0.947 bits per heavy atom. The maximum absolute atomic E-state index is 7.10. The summed E-state index contributed by atoms with van der Waals surface area (Å²) in [6.45, 7) is 14.1. The van der Waals surface area contributed by atoms with Crippen molar-refractivity contribution in [3.63, 3.8) is 0 Å². The molecule has 0 rings (SSSR count). The molecule has 0 heterocycles. The van der Waals surface area contributed by atoms with Gasteiger partial charge in [-0.05, 0) is 36.3 Å². The molecular formula is C16H38OSi2. The maximum atomic E-state index is 7.10. The van der Waals surface area contributed by atoms with Crippen molar-refractivity contribution in [3.8, 4) is 0 Å². The highest BCUT2D eigenvalue weighted by atomic mass is 28.4. The molecule has 3 heteroatoms. The van der Waals surface area contributed by atoms with E-state index in [1.165, 1.54) is 61.9 Å². The summed E-state index contributed by atoms with van der Waals surface area (Å²) in [7, 11) is -2.86. The summed E-state index contributed by atoms with van der Waals surface area (Å²) >= 11 is 0. The number of rotatable bonds is 12. The van der Waals surface area contributed by atoms with Gasteiger partial charge in [0, 0.05) is 0 Å². The van der Waals surface area contributed by atoms with Crippen molar-refractivity contribution < 1.29 is 4.12 Å². The molecule has 0 unspecified atom stereocenters. The summed E-state index contributed by atoms with van der Waals surface area (Å²) in [5, 5.41) is 0. The van der Waals surface area contributed by atoms with Crippen LogP contribution in [0.15, 0.2) is 0 Å². The molecule has 0 aromatic heterocycles. The fourth-order valence-electron chi connectivity index (χ4n) is 3.08. The van der Waals surface area contributed by atoms with E-state index in [-0.39, 0.29) is 0 Å². The molecule has 0 saturated heterocycles. The molecule has 19 heavy (non-hydrogen) atoms. The molecule has 0 bridgehead atoms. The second-order valence-corrected chi connectivity index (χ2v) is 15.5. The van der Waals surface area contributed by atoms with Crippen LogP contribution in [0.25, 0.3) is 0 Å². The molecule has 0 spiro atoms. The molecule has 0 N–H and O–H groups in total. The van der Waals surface area contributed by atoms with Crippen LogP contribution in [0.3, 0.4) is 0 Å². The Morgan fingerprint density at radius 3 is 1.21 bits per heavy atom. The Labute approximate surface area is 124 Å². The van der Waals surface area contributed by atoms with Gasteiger partial charge < -0.3 is 4.12 Å². The molecule has 0 aromatic carbocycles. The fraction of sp³-hybridized carbons (Fsp3) is 1.00. The molecule has 0 aliphatic carbocycles. The van der Waals surface area contributed by atoms with Crippen LogP contribution in [0, 0.1) is 0 Å². The van der Waals surface area contributed by atoms with Gasteiger partial charge >= 0.3 is 0 Å². The van der Waals surface area contributed by atoms with Gasteiger partial charge in [-0.25, -0.2) is 0 Å². The molecule has 0 aromatic rings. The van der Waals surface area contributed by atoms with Crippen molar-refractivity contribution in [2.24, 2.45) is 0 Å². The Kier molecular flexibility index (Phi) is 10.4. The second kappa shape index (κ2) is 10.2. The third-order valence-electron chi connectivity index (χ3n) is 4.98. The van der Waals surface area contributed by atoms with Gasteiger partial charge in [-0.15, -0.1) is 0 Å². The highest BCUT2D eigenvalue weighted by molar-refractivity contribution is 6.87. The van der Waals surface area contributed by atoms with E-state index in [1.54, 1.807) is 0 Å². The second-order valence-electron chi connectivity index (χ2n) is 6.09.